The first kappa shape index (κ1) is 11.8. The minimum absolute atomic E-state index is 0.863. The van der Waals surface area contributed by atoms with Crippen LogP contribution in [0, 0.1) is 0 Å². The first-order valence-electron chi connectivity index (χ1n) is 5.51. The van der Waals surface area contributed by atoms with Gasteiger partial charge in [-0.05, 0) is 25.1 Å². The van der Waals surface area contributed by atoms with E-state index in [1.54, 1.807) is 0 Å². The number of nitrogens with one attached hydrogen (secondary N) is 1. The van der Waals surface area contributed by atoms with Crippen LogP contribution in [-0.2, 0) is 6.54 Å². The summed E-state index contributed by atoms with van der Waals surface area (Å²) in [5.41, 5.74) is 2.20. The van der Waals surface area contributed by atoms with Crippen LogP contribution >= 0.6 is 22.6 Å². The first-order chi connectivity index (χ1) is 7.90. The van der Waals surface area contributed by atoms with Crippen molar-refractivity contribution in [2.75, 3.05) is 11.0 Å². The zero-order valence-corrected chi connectivity index (χ0v) is 11.3. The monoisotopic (exact) mass is 326 g/mol. The number of para-hydroxylation sites is 1. The van der Waals surface area contributed by atoms with Gasteiger partial charge >= 0.3 is 0 Å². The molecule has 0 aliphatic heterocycles. The minimum Gasteiger partial charge on any atom is -0.311 e. The van der Waals surface area contributed by atoms with Gasteiger partial charge in [-0.25, -0.2) is 0 Å². The molecule has 0 aliphatic rings. The highest BCUT2D eigenvalue weighted by Gasteiger charge is 1.97. The van der Waals surface area contributed by atoms with Crippen molar-refractivity contribution in [2.24, 2.45) is 0 Å². The Morgan fingerprint density at radius 3 is 2.88 bits per heavy atom. The SMILES string of the molecule is ICCCNCc1ccc2ccccc2n1. The van der Waals surface area contributed by atoms with Gasteiger partial charge in [0.1, 0.15) is 0 Å². The molecule has 1 aromatic heterocycles. The number of aromatic nitrogens is 1. The number of pyridine rings is 1. The standard InChI is InChI=1S/C13H15IN2/c14-8-3-9-15-10-12-7-6-11-4-1-2-5-13(11)16-12/h1-2,4-7,15H,3,8-10H2. The summed E-state index contributed by atoms with van der Waals surface area (Å²) in [6, 6.07) is 12.5. The Bertz CT molecular complexity index is 456. The van der Waals surface area contributed by atoms with E-state index in [1.807, 2.05) is 12.1 Å². The summed E-state index contributed by atoms with van der Waals surface area (Å²) in [6.07, 6.45) is 1.22. The molecule has 2 aromatic rings. The fourth-order valence-electron chi connectivity index (χ4n) is 1.61. The average molecular weight is 326 g/mol. The molecular weight excluding hydrogens is 311 g/mol. The van der Waals surface area contributed by atoms with Gasteiger partial charge in [-0.3, -0.25) is 4.98 Å². The molecule has 2 nitrogen and oxygen atoms in total. The van der Waals surface area contributed by atoms with Crippen molar-refractivity contribution in [1.82, 2.24) is 10.3 Å². The van der Waals surface area contributed by atoms with Crippen LogP contribution in [0.25, 0.3) is 10.9 Å². The Morgan fingerprint density at radius 2 is 2.00 bits per heavy atom. The van der Waals surface area contributed by atoms with E-state index in [0.29, 0.717) is 0 Å². The molecule has 1 heterocycles. The number of hydrogen-bond acceptors (Lipinski definition) is 2. The fraction of sp³-hybridized carbons (Fsp3) is 0.308. The number of hydrogen-bond donors (Lipinski definition) is 1. The molecule has 0 saturated carbocycles. The van der Waals surface area contributed by atoms with Crippen molar-refractivity contribution >= 4 is 33.5 Å². The van der Waals surface area contributed by atoms with E-state index in [4.69, 9.17) is 0 Å². The highest BCUT2D eigenvalue weighted by molar-refractivity contribution is 14.1. The van der Waals surface area contributed by atoms with Crippen molar-refractivity contribution in [2.45, 2.75) is 13.0 Å². The van der Waals surface area contributed by atoms with Crippen LogP contribution in [-0.4, -0.2) is 16.0 Å². The third kappa shape index (κ3) is 3.15. The number of nitrogens with zero attached hydrogens (tertiary/aromatic N) is 1. The molecule has 3 heteroatoms. The predicted octanol–water partition coefficient (Wildman–Crippen LogP) is 3.15. The summed E-state index contributed by atoms with van der Waals surface area (Å²) in [7, 11) is 0. The van der Waals surface area contributed by atoms with Crippen LogP contribution in [0.4, 0.5) is 0 Å². The lowest BCUT2D eigenvalue weighted by atomic mass is 10.2. The molecule has 16 heavy (non-hydrogen) atoms. The van der Waals surface area contributed by atoms with Gasteiger partial charge in [0.05, 0.1) is 11.2 Å². The van der Waals surface area contributed by atoms with Crippen LogP contribution in [0.5, 0.6) is 0 Å². The van der Waals surface area contributed by atoms with E-state index in [2.05, 4.69) is 57.2 Å². The van der Waals surface area contributed by atoms with E-state index in [1.165, 1.54) is 16.2 Å². The second kappa shape index (κ2) is 6.15. The van der Waals surface area contributed by atoms with Gasteiger partial charge in [0.25, 0.3) is 0 Å². The summed E-state index contributed by atoms with van der Waals surface area (Å²) in [6.45, 7) is 1.93. The highest BCUT2D eigenvalue weighted by atomic mass is 127. The summed E-state index contributed by atoms with van der Waals surface area (Å²) in [5.74, 6) is 0. The summed E-state index contributed by atoms with van der Waals surface area (Å²) in [4.78, 5) is 4.61. The third-order valence-corrected chi connectivity index (χ3v) is 3.21. The number of halogens is 1. The number of alkyl halides is 1. The molecule has 2 rings (SSSR count). The quantitative estimate of drug-likeness (QED) is 0.519. The molecular formula is C13H15IN2. The third-order valence-electron chi connectivity index (χ3n) is 2.45. The Hall–Kier alpha value is -0.680. The molecule has 0 fully saturated rings. The summed E-state index contributed by atoms with van der Waals surface area (Å²) in [5, 5.41) is 4.61. The topological polar surface area (TPSA) is 24.9 Å². The molecule has 0 bridgehead atoms. The van der Waals surface area contributed by atoms with E-state index >= 15 is 0 Å². The van der Waals surface area contributed by atoms with E-state index in [-0.39, 0.29) is 0 Å². The van der Waals surface area contributed by atoms with Gasteiger partial charge in [0.15, 0.2) is 0 Å². The van der Waals surface area contributed by atoms with E-state index < -0.39 is 0 Å². The van der Waals surface area contributed by atoms with Crippen LogP contribution < -0.4 is 5.32 Å². The number of benzene rings is 1. The zero-order chi connectivity index (χ0) is 11.2. The number of fused-ring (bicyclic) bond motifs is 1. The Morgan fingerprint density at radius 1 is 1.12 bits per heavy atom. The minimum atomic E-state index is 0.863. The van der Waals surface area contributed by atoms with Crippen molar-refractivity contribution in [1.29, 1.82) is 0 Å². The van der Waals surface area contributed by atoms with Gasteiger partial charge in [0.2, 0.25) is 0 Å². The molecule has 0 radical (unpaired) electrons. The second-order valence-corrected chi connectivity index (χ2v) is 4.79. The van der Waals surface area contributed by atoms with Crippen LogP contribution in [0.1, 0.15) is 12.1 Å². The Kier molecular flexibility index (Phi) is 4.54. The fourth-order valence-corrected chi connectivity index (χ4v) is 2.00. The largest absolute Gasteiger partial charge is 0.311 e. The maximum atomic E-state index is 4.61. The average Bonchev–Trinajstić information content (AvgIpc) is 2.34. The number of rotatable bonds is 5. The van der Waals surface area contributed by atoms with Crippen molar-refractivity contribution in [3.8, 4) is 0 Å². The van der Waals surface area contributed by atoms with Crippen molar-refractivity contribution in [3.63, 3.8) is 0 Å². The Balaban J connectivity index is 2.02. The first-order valence-corrected chi connectivity index (χ1v) is 7.04. The van der Waals surface area contributed by atoms with E-state index in [9.17, 15) is 0 Å². The molecule has 84 valence electrons. The normalized spacial score (nSPS) is 10.8. The molecule has 0 saturated heterocycles. The van der Waals surface area contributed by atoms with Crippen LogP contribution in [0.3, 0.4) is 0 Å². The highest BCUT2D eigenvalue weighted by Crippen LogP contribution is 2.11. The molecule has 0 atom stereocenters. The maximum Gasteiger partial charge on any atom is 0.0705 e. The van der Waals surface area contributed by atoms with Gasteiger partial charge < -0.3 is 5.32 Å². The van der Waals surface area contributed by atoms with Crippen LogP contribution in [0.2, 0.25) is 0 Å². The van der Waals surface area contributed by atoms with Gasteiger partial charge in [0, 0.05) is 16.4 Å². The van der Waals surface area contributed by atoms with Gasteiger partial charge in [-0.2, -0.15) is 0 Å². The van der Waals surface area contributed by atoms with Crippen LogP contribution in [0.15, 0.2) is 36.4 Å². The van der Waals surface area contributed by atoms with E-state index in [0.717, 1.165) is 24.3 Å². The maximum absolute atomic E-state index is 4.61. The summed E-state index contributed by atoms with van der Waals surface area (Å²) >= 11 is 2.40. The predicted molar refractivity (Wildman–Crippen MR) is 77.0 cm³/mol. The Labute approximate surface area is 110 Å². The molecule has 0 amide bonds. The lowest BCUT2D eigenvalue weighted by Crippen LogP contribution is -2.15. The zero-order valence-electron chi connectivity index (χ0n) is 9.12. The second-order valence-electron chi connectivity index (χ2n) is 3.71. The molecule has 0 aliphatic carbocycles. The molecule has 0 spiro atoms. The lowest BCUT2D eigenvalue weighted by Gasteiger charge is -2.04. The smallest absolute Gasteiger partial charge is 0.0705 e. The lowest BCUT2D eigenvalue weighted by molar-refractivity contribution is 0.671. The van der Waals surface area contributed by atoms with Crippen molar-refractivity contribution in [3.05, 3.63) is 42.1 Å². The van der Waals surface area contributed by atoms with Crippen molar-refractivity contribution < 1.29 is 0 Å². The van der Waals surface area contributed by atoms with Gasteiger partial charge in [-0.15, -0.1) is 0 Å². The molecule has 1 aromatic carbocycles. The molecule has 0 unspecified atom stereocenters. The summed E-state index contributed by atoms with van der Waals surface area (Å²) < 4.78 is 1.20. The molecule has 1 N–H and O–H groups in total. The van der Waals surface area contributed by atoms with Gasteiger partial charge in [-0.1, -0.05) is 46.9 Å².